The van der Waals surface area contributed by atoms with E-state index < -0.39 is 0 Å². The predicted octanol–water partition coefficient (Wildman–Crippen LogP) is 2.04. The standard InChI is InChI=1S/C6H14NO2.Zr/c1-3-5-8-7-9-6-4-2;/h3-6H2,1-2H3;/q-1;. The van der Waals surface area contributed by atoms with E-state index in [1.54, 1.807) is 0 Å². The van der Waals surface area contributed by atoms with Gasteiger partial charge in [0, 0.05) is 39.4 Å². The second kappa shape index (κ2) is 12.4. The average Bonchev–Trinajstić information content (AvgIpc) is 1.89. The van der Waals surface area contributed by atoms with E-state index in [9.17, 15) is 0 Å². The van der Waals surface area contributed by atoms with Crippen LogP contribution in [0, 0.1) is 0 Å². The van der Waals surface area contributed by atoms with E-state index in [-0.39, 0.29) is 26.2 Å². The van der Waals surface area contributed by atoms with Crippen molar-refractivity contribution in [2.45, 2.75) is 26.7 Å². The van der Waals surface area contributed by atoms with Crippen LogP contribution >= 0.6 is 0 Å². The Morgan fingerprint density at radius 2 is 1.40 bits per heavy atom. The summed E-state index contributed by atoms with van der Waals surface area (Å²) in [6.45, 7) is 5.33. The molecule has 0 spiro atoms. The van der Waals surface area contributed by atoms with Crippen molar-refractivity contribution in [1.29, 1.82) is 0 Å². The molecule has 0 aliphatic heterocycles. The molecule has 0 saturated heterocycles. The van der Waals surface area contributed by atoms with Gasteiger partial charge in [0.05, 0.1) is 0 Å². The molecule has 0 unspecified atom stereocenters. The van der Waals surface area contributed by atoms with Crippen LogP contribution in [-0.2, 0) is 35.9 Å². The van der Waals surface area contributed by atoms with Crippen LogP contribution in [0.1, 0.15) is 26.7 Å². The molecule has 0 N–H and O–H groups in total. The monoisotopic (exact) mass is 222 g/mol. The third kappa shape index (κ3) is 11.5. The van der Waals surface area contributed by atoms with Gasteiger partial charge in [-0.15, -0.1) is 0 Å². The number of hydrogen-bond acceptors (Lipinski definition) is 2. The van der Waals surface area contributed by atoms with Crippen molar-refractivity contribution >= 4 is 0 Å². The summed E-state index contributed by atoms with van der Waals surface area (Å²) in [5.41, 5.74) is 3.35. The molecule has 60 valence electrons. The molecular weight excluding hydrogens is 209 g/mol. The fourth-order valence-electron chi connectivity index (χ4n) is 0.294. The van der Waals surface area contributed by atoms with Crippen LogP contribution < -0.4 is 0 Å². The Morgan fingerprint density at radius 3 is 1.70 bits per heavy atom. The Bertz CT molecular complexity index is 49.0. The molecule has 0 aromatic heterocycles. The molecule has 0 rings (SSSR count). The van der Waals surface area contributed by atoms with Gasteiger partial charge in [0.15, 0.2) is 0 Å². The van der Waals surface area contributed by atoms with Crippen molar-refractivity contribution in [3.05, 3.63) is 5.64 Å². The third-order valence-corrected chi connectivity index (χ3v) is 0.696. The number of hydrogen-bond donors (Lipinski definition) is 0. The van der Waals surface area contributed by atoms with E-state index >= 15 is 0 Å². The van der Waals surface area contributed by atoms with E-state index in [2.05, 4.69) is 15.3 Å². The van der Waals surface area contributed by atoms with Crippen molar-refractivity contribution in [3.8, 4) is 0 Å². The SMILES string of the molecule is CCCO[N-]OCCC.[Zr]. The number of nitrogens with zero attached hydrogens (tertiary/aromatic N) is 1. The predicted molar refractivity (Wildman–Crippen MR) is 35.8 cm³/mol. The second-order valence-corrected chi connectivity index (χ2v) is 1.74. The van der Waals surface area contributed by atoms with Crippen molar-refractivity contribution in [2.75, 3.05) is 13.2 Å². The van der Waals surface area contributed by atoms with Crippen LogP contribution in [0.2, 0.25) is 0 Å². The Hall–Kier alpha value is 0.763. The first-order valence-electron chi connectivity index (χ1n) is 3.36. The van der Waals surface area contributed by atoms with E-state index in [0.29, 0.717) is 13.2 Å². The van der Waals surface area contributed by atoms with Gasteiger partial charge in [0.1, 0.15) is 0 Å². The van der Waals surface area contributed by atoms with E-state index in [4.69, 9.17) is 0 Å². The molecule has 0 amide bonds. The summed E-state index contributed by atoms with van der Waals surface area (Å²) >= 11 is 0. The molecule has 0 aliphatic carbocycles. The van der Waals surface area contributed by atoms with Gasteiger partial charge in [-0.25, -0.2) is 0 Å². The molecule has 3 nitrogen and oxygen atoms in total. The summed E-state index contributed by atoms with van der Waals surface area (Å²) in [4.78, 5) is 9.38. The molecule has 0 aliphatic rings. The largest absolute Gasteiger partial charge is 0.462 e. The second-order valence-electron chi connectivity index (χ2n) is 1.74. The molecule has 0 saturated carbocycles. The molecule has 0 aromatic carbocycles. The topological polar surface area (TPSA) is 32.6 Å². The smallest absolute Gasteiger partial charge is 0.0264 e. The zero-order valence-electron chi connectivity index (χ0n) is 6.59. The average molecular weight is 223 g/mol. The van der Waals surface area contributed by atoms with Crippen molar-refractivity contribution < 1.29 is 35.9 Å². The van der Waals surface area contributed by atoms with Crippen LogP contribution in [0.5, 0.6) is 0 Å². The van der Waals surface area contributed by atoms with Gasteiger partial charge in [0.25, 0.3) is 0 Å². The van der Waals surface area contributed by atoms with Gasteiger partial charge in [0.2, 0.25) is 0 Å². The van der Waals surface area contributed by atoms with Gasteiger partial charge in [-0.05, 0) is 12.8 Å². The van der Waals surface area contributed by atoms with Gasteiger partial charge in [-0.2, -0.15) is 0 Å². The fraction of sp³-hybridized carbons (Fsp3) is 1.00. The van der Waals surface area contributed by atoms with Gasteiger partial charge < -0.3 is 15.3 Å². The maximum Gasteiger partial charge on any atom is 0.0264 e. The zero-order chi connectivity index (χ0) is 6.95. The molecule has 0 bridgehead atoms. The van der Waals surface area contributed by atoms with E-state index in [1.165, 1.54) is 0 Å². The summed E-state index contributed by atoms with van der Waals surface area (Å²) in [7, 11) is 0. The van der Waals surface area contributed by atoms with E-state index in [0.717, 1.165) is 12.8 Å². The summed E-state index contributed by atoms with van der Waals surface area (Å²) in [6, 6.07) is 0. The fourth-order valence-corrected chi connectivity index (χ4v) is 0.294. The molecule has 4 heteroatoms. The molecule has 0 aromatic rings. The van der Waals surface area contributed by atoms with Gasteiger partial charge in [-0.1, -0.05) is 13.8 Å². The summed E-state index contributed by atoms with van der Waals surface area (Å²) in [5.74, 6) is 0. The Morgan fingerprint density at radius 1 is 1.00 bits per heavy atom. The first-order valence-corrected chi connectivity index (χ1v) is 3.36. The minimum absolute atomic E-state index is 0. The van der Waals surface area contributed by atoms with Crippen LogP contribution in [0.25, 0.3) is 5.64 Å². The Labute approximate surface area is 81.5 Å². The Balaban J connectivity index is 0. The van der Waals surface area contributed by atoms with Crippen molar-refractivity contribution in [2.24, 2.45) is 0 Å². The van der Waals surface area contributed by atoms with Crippen molar-refractivity contribution in [1.82, 2.24) is 0 Å². The molecule has 0 fully saturated rings. The summed E-state index contributed by atoms with van der Waals surface area (Å²) in [5, 5.41) is 0. The van der Waals surface area contributed by atoms with Crippen molar-refractivity contribution in [3.63, 3.8) is 0 Å². The summed E-state index contributed by atoms with van der Waals surface area (Å²) in [6.07, 6.45) is 1.94. The minimum Gasteiger partial charge on any atom is -0.462 e. The first-order chi connectivity index (χ1) is 4.41. The molecule has 10 heavy (non-hydrogen) atoms. The van der Waals surface area contributed by atoms with E-state index in [1.807, 2.05) is 13.8 Å². The minimum atomic E-state index is 0. The number of rotatable bonds is 6. The zero-order valence-corrected chi connectivity index (χ0v) is 9.05. The maximum atomic E-state index is 4.69. The molecule has 0 atom stereocenters. The third-order valence-electron chi connectivity index (χ3n) is 0.696. The molecular formula is C6H14NO2Zr-. The van der Waals surface area contributed by atoms with Crippen LogP contribution in [0.15, 0.2) is 0 Å². The van der Waals surface area contributed by atoms with Gasteiger partial charge in [-0.3, -0.25) is 0 Å². The van der Waals surface area contributed by atoms with Crippen LogP contribution in [0.3, 0.4) is 0 Å². The summed E-state index contributed by atoms with van der Waals surface area (Å²) < 4.78 is 0. The maximum absolute atomic E-state index is 4.69. The quantitative estimate of drug-likeness (QED) is 0.510. The first kappa shape index (κ1) is 13.4. The van der Waals surface area contributed by atoms with Gasteiger partial charge >= 0.3 is 0 Å². The molecule has 0 heterocycles. The van der Waals surface area contributed by atoms with Crippen LogP contribution in [0.4, 0.5) is 0 Å². The van der Waals surface area contributed by atoms with Crippen LogP contribution in [-0.4, -0.2) is 13.2 Å². The normalized spacial score (nSPS) is 9.00. The Kier molecular flexibility index (Phi) is 16.6. The molecule has 0 radical (unpaired) electrons.